The van der Waals surface area contributed by atoms with Gasteiger partial charge in [-0.1, -0.05) is 41.7 Å². The Balaban J connectivity index is 1.64. The van der Waals surface area contributed by atoms with Crippen LogP contribution in [-0.4, -0.2) is 20.4 Å². The minimum absolute atomic E-state index is 0.120. The van der Waals surface area contributed by atoms with Gasteiger partial charge < -0.3 is 0 Å². The van der Waals surface area contributed by atoms with E-state index in [1.165, 1.54) is 22.1 Å². The van der Waals surface area contributed by atoms with Crippen molar-refractivity contribution < 1.29 is 4.79 Å². The summed E-state index contributed by atoms with van der Waals surface area (Å²) in [7, 11) is 0. The lowest BCUT2D eigenvalue weighted by atomic mass is 10.1. The quantitative estimate of drug-likeness (QED) is 0.395. The number of anilines is 2. The normalized spacial score (nSPS) is 11.2. The van der Waals surface area contributed by atoms with Crippen LogP contribution in [0.4, 0.5) is 10.8 Å². The molecular formula is C25H20N4O2S. The molecule has 0 fully saturated rings. The van der Waals surface area contributed by atoms with Crippen LogP contribution in [0.3, 0.4) is 0 Å². The van der Waals surface area contributed by atoms with Crippen LogP contribution in [-0.2, 0) is 11.3 Å². The molecule has 0 bridgehead atoms. The van der Waals surface area contributed by atoms with Gasteiger partial charge in [0.15, 0.2) is 5.13 Å². The fraction of sp³-hybridized carbons (Fsp3) is 0.120. The van der Waals surface area contributed by atoms with Gasteiger partial charge in [-0.05, 0) is 61.4 Å². The Bertz CT molecular complexity index is 1480. The summed E-state index contributed by atoms with van der Waals surface area (Å²) < 4.78 is 2.46. The zero-order valence-electron chi connectivity index (χ0n) is 17.6. The van der Waals surface area contributed by atoms with Gasteiger partial charge in [-0.2, -0.15) is 0 Å². The number of aryl methyl sites for hydroxylation is 2. The first-order chi connectivity index (χ1) is 15.5. The number of nitrogens with zero attached hydrogens (tertiary/aromatic N) is 4. The molecular weight excluding hydrogens is 420 g/mol. The number of hydrogen-bond donors (Lipinski definition) is 0. The summed E-state index contributed by atoms with van der Waals surface area (Å²) in [6.45, 7) is 3.88. The summed E-state index contributed by atoms with van der Waals surface area (Å²) in [4.78, 5) is 36.9. The Morgan fingerprint density at radius 2 is 1.66 bits per heavy atom. The summed E-state index contributed by atoms with van der Waals surface area (Å²) in [6, 6.07) is 21.1. The molecule has 3 aromatic carbocycles. The molecule has 5 rings (SSSR count). The molecule has 0 atom stereocenters. The highest BCUT2D eigenvalue weighted by atomic mass is 32.1. The third-order valence-electron chi connectivity index (χ3n) is 5.23. The summed E-state index contributed by atoms with van der Waals surface area (Å²) in [5.41, 5.74) is 4.63. The lowest BCUT2D eigenvalue weighted by Gasteiger charge is -2.22. The van der Waals surface area contributed by atoms with Crippen molar-refractivity contribution in [2.45, 2.75) is 20.4 Å². The number of carbonyl (C=O) groups excluding carboxylic acids is 1. The molecule has 0 radical (unpaired) electrons. The van der Waals surface area contributed by atoms with E-state index in [0.717, 1.165) is 27.0 Å². The van der Waals surface area contributed by atoms with E-state index in [2.05, 4.69) is 11.1 Å². The van der Waals surface area contributed by atoms with Crippen molar-refractivity contribution in [1.82, 2.24) is 14.5 Å². The fourth-order valence-corrected chi connectivity index (χ4v) is 4.88. The van der Waals surface area contributed by atoms with E-state index in [4.69, 9.17) is 4.98 Å². The second kappa shape index (κ2) is 8.01. The molecule has 7 heteroatoms. The smallest absolute Gasteiger partial charge is 0.269 e. The van der Waals surface area contributed by atoms with Crippen molar-refractivity contribution in [3.8, 4) is 0 Å². The molecule has 0 aliphatic carbocycles. The van der Waals surface area contributed by atoms with Crippen molar-refractivity contribution >= 4 is 49.3 Å². The maximum atomic E-state index is 13.7. The lowest BCUT2D eigenvalue weighted by molar-refractivity contribution is -0.118. The second-order valence-corrected chi connectivity index (χ2v) is 8.72. The van der Waals surface area contributed by atoms with E-state index in [0.29, 0.717) is 16.2 Å². The highest BCUT2D eigenvalue weighted by Gasteiger charge is 2.23. The predicted molar refractivity (Wildman–Crippen MR) is 129 cm³/mol. The van der Waals surface area contributed by atoms with E-state index in [1.54, 1.807) is 11.0 Å². The average Bonchev–Trinajstić information content (AvgIpc) is 3.18. The molecule has 1 amide bonds. The van der Waals surface area contributed by atoms with Gasteiger partial charge in [-0.15, -0.1) is 0 Å². The van der Waals surface area contributed by atoms with Crippen LogP contribution in [0.2, 0.25) is 0 Å². The first-order valence-corrected chi connectivity index (χ1v) is 11.0. The molecule has 6 nitrogen and oxygen atoms in total. The van der Waals surface area contributed by atoms with E-state index in [1.807, 2.05) is 68.4 Å². The van der Waals surface area contributed by atoms with Gasteiger partial charge in [-0.3, -0.25) is 19.1 Å². The van der Waals surface area contributed by atoms with Crippen LogP contribution in [0.15, 0.2) is 77.7 Å². The van der Waals surface area contributed by atoms with Crippen LogP contribution < -0.4 is 10.5 Å². The number of fused-ring (bicyclic) bond motifs is 2. The van der Waals surface area contributed by atoms with Crippen molar-refractivity contribution in [2.24, 2.45) is 0 Å². The minimum Gasteiger partial charge on any atom is -0.296 e. The van der Waals surface area contributed by atoms with Gasteiger partial charge in [0.25, 0.3) is 11.5 Å². The number of thiazole rings is 1. The van der Waals surface area contributed by atoms with Gasteiger partial charge in [0.1, 0.15) is 6.54 Å². The molecule has 2 heterocycles. The third kappa shape index (κ3) is 3.67. The fourth-order valence-electron chi connectivity index (χ4n) is 3.88. The number of rotatable bonds is 4. The maximum Gasteiger partial charge on any atom is 0.269 e. The first-order valence-electron chi connectivity index (χ1n) is 10.2. The van der Waals surface area contributed by atoms with E-state index in [9.17, 15) is 9.59 Å². The lowest BCUT2D eigenvalue weighted by Crippen LogP contribution is -2.34. The number of aromatic nitrogens is 3. The minimum atomic E-state index is -0.318. The van der Waals surface area contributed by atoms with Crippen LogP contribution in [0.1, 0.15) is 11.1 Å². The molecule has 2 aromatic heterocycles. The number of hydrogen-bond acceptors (Lipinski definition) is 5. The Hall–Kier alpha value is -3.84. The molecule has 0 saturated heterocycles. The van der Waals surface area contributed by atoms with Crippen LogP contribution in [0.25, 0.3) is 21.3 Å². The molecule has 5 aromatic rings. The van der Waals surface area contributed by atoms with Crippen LogP contribution >= 0.6 is 11.3 Å². The Morgan fingerprint density at radius 3 is 2.41 bits per heavy atom. The molecule has 0 saturated carbocycles. The zero-order chi connectivity index (χ0) is 22.2. The monoisotopic (exact) mass is 440 g/mol. The van der Waals surface area contributed by atoms with Gasteiger partial charge in [0, 0.05) is 0 Å². The molecule has 0 spiro atoms. The van der Waals surface area contributed by atoms with Gasteiger partial charge in [0.05, 0.1) is 33.1 Å². The molecule has 0 N–H and O–H groups in total. The van der Waals surface area contributed by atoms with Crippen molar-refractivity contribution in [3.63, 3.8) is 0 Å². The summed E-state index contributed by atoms with van der Waals surface area (Å²) in [6.07, 6.45) is 1.26. The largest absolute Gasteiger partial charge is 0.296 e. The summed E-state index contributed by atoms with van der Waals surface area (Å²) in [5, 5.41) is 0.576. The topological polar surface area (TPSA) is 68.1 Å². The first kappa shape index (κ1) is 20.1. The molecule has 158 valence electrons. The molecule has 32 heavy (non-hydrogen) atoms. The molecule has 0 aliphatic rings. The third-order valence-corrected chi connectivity index (χ3v) is 6.26. The van der Waals surface area contributed by atoms with Gasteiger partial charge in [0.2, 0.25) is 0 Å². The Labute approximate surface area is 188 Å². The summed E-state index contributed by atoms with van der Waals surface area (Å²) >= 11 is 1.45. The van der Waals surface area contributed by atoms with E-state index in [-0.39, 0.29) is 18.0 Å². The predicted octanol–water partition coefficient (Wildman–Crippen LogP) is 4.99. The van der Waals surface area contributed by atoms with Gasteiger partial charge >= 0.3 is 0 Å². The standard InChI is InChI=1S/C25H20N4O2S/c1-16-11-17(2)13-18(12-16)29(25-27-20-8-4-6-10-22(20)32-25)24(31)15-28-21-9-5-3-7-19(21)26-14-23(28)30/h3-14H,15H2,1-2H3. The van der Waals surface area contributed by atoms with Crippen LogP contribution in [0, 0.1) is 13.8 Å². The average molecular weight is 441 g/mol. The van der Waals surface area contributed by atoms with Gasteiger partial charge in [-0.25, -0.2) is 9.97 Å². The number of amides is 1. The number of carbonyl (C=O) groups is 1. The Kier molecular flexibility index (Phi) is 5.03. The van der Waals surface area contributed by atoms with Crippen molar-refractivity contribution in [2.75, 3.05) is 4.90 Å². The zero-order valence-corrected chi connectivity index (χ0v) is 18.5. The van der Waals surface area contributed by atoms with Crippen molar-refractivity contribution in [1.29, 1.82) is 0 Å². The maximum absolute atomic E-state index is 13.7. The van der Waals surface area contributed by atoms with Crippen LogP contribution in [0.5, 0.6) is 0 Å². The SMILES string of the molecule is Cc1cc(C)cc(N(C(=O)Cn2c(=O)cnc3ccccc32)c2nc3ccccc3s2)c1. The highest BCUT2D eigenvalue weighted by Crippen LogP contribution is 2.34. The molecule has 0 aliphatic heterocycles. The summed E-state index contributed by atoms with van der Waals surface area (Å²) in [5.74, 6) is -0.243. The van der Waals surface area contributed by atoms with Crippen molar-refractivity contribution in [3.05, 3.63) is 94.4 Å². The Morgan fingerprint density at radius 1 is 0.969 bits per heavy atom. The van der Waals surface area contributed by atoms with E-state index >= 15 is 0 Å². The van der Waals surface area contributed by atoms with E-state index < -0.39 is 0 Å². The highest BCUT2D eigenvalue weighted by molar-refractivity contribution is 7.22. The number of para-hydroxylation sites is 3. The second-order valence-electron chi connectivity index (χ2n) is 7.71. The number of benzene rings is 3. The molecule has 0 unspecified atom stereocenters.